The van der Waals surface area contributed by atoms with E-state index in [2.05, 4.69) is 4.72 Å². The first kappa shape index (κ1) is 13.9. The number of thioether (sulfide) groups is 1. The standard InChI is InChI=1S/C11H17NO4S2/c1-8-10(5-9(6-13)16-8)18(14,15)12-7-11(17-2)3-4-11/h5,12-13H,3-4,6-7H2,1-2H3. The van der Waals surface area contributed by atoms with Gasteiger partial charge in [0.25, 0.3) is 0 Å². The molecular weight excluding hydrogens is 274 g/mol. The molecule has 0 saturated heterocycles. The molecule has 0 spiro atoms. The van der Waals surface area contributed by atoms with Crippen molar-refractivity contribution in [2.75, 3.05) is 12.8 Å². The molecule has 2 rings (SSSR count). The van der Waals surface area contributed by atoms with E-state index in [1.54, 1.807) is 18.7 Å². The zero-order chi connectivity index (χ0) is 13.4. The lowest BCUT2D eigenvalue weighted by molar-refractivity contribution is 0.244. The van der Waals surface area contributed by atoms with Gasteiger partial charge in [0.15, 0.2) is 0 Å². The van der Waals surface area contributed by atoms with E-state index in [1.807, 2.05) is 6.26 Å². The Morgan fingerprint density at radius 2 is 2.22 bits per heavy atom. The summed E-state index contributed by atoms with van der Waals surface area (Å²) in [6.45, 7) is 1.72. The highest BCUT2D eigenvalue weighted by Gasteiger charge is 2.42. The van der Waals surface area contributed by atoms with Gasteiger partial charge >= 0.3 is 0 Å². The van der Waals surface area contributed by atoms with Crippen LogP contribution in [0.3, 0.4) is 0 Å². The van der Waals surface area contributed by atoms with Crippen LogP contribution in [0.15, 0.2) is 15.4 Å². The molecule has 2 N–H and O–H groups in total. The Bertz CT molecular complexity index is 531. The van der Waals surface area contributed by atoms with Gasteiger partial charge in [-0.1, -0.05) is 0 Å². The van der Waals surface area contributed by atoms with Gasteiger partial charge in [-0.2, -0.15) is 11.8 Å². The Balaban J connectivity index is 2.12. The van der Waals surface area contributed by atoms with Gasteiger partial charge in [-0.3, -0.25) is 0 Å². The average Bonchev–Trinajstić information content (AvgIpc) is 3.03. The van der Waals surface area contributed by atoms with Crippen LogP contribution in [0, 0.1) is 6.92 Å². The number of hydrogen-bond acceptors (Lipinski definition) is 5. The predicted octanol–water partition coefficient (Wildman–Crippen LogP) is 1.25. The fourth-order valence-electron chi connectivity index (χ4n) is 1.77. The van der Waals surface area contributed by atoms with E-state index >= 15 is 0 Å². The van der Waals surface area contributed by atoms with E-state index in [-0.39, 0.29) is 22.0 Å². The Labute approximate surface area is 111 Å². The minimum atomic E-state index is -3.55. The number of sulfonamides is 1. The quantitative estimate of drug-likeness (QED) is 0.824. The highest BCUT2D eigenvalue weighted by Crippen LogP contribution is 2.46. The van der Waals surface area contributed by atoms with Crippen molar-refractivity contribution < 1.29 is 17.9 Å². The molecule has 1 aromatic rings. The van der Waals surface area contributed by atoms with E-state index in [9.17, 15) is 8.42 Å². The highest BCUT2D eigenvalue weighted by atomic mass is 32.2. The van der Waals surface area contributed by atoms with Gasteiger partial charge in [0, 0.05) is 17.4 Å². The summed E-state index contributed by atoms with van der Waals surface area (Å²) in [4.78, 5) is 0.114. The molecule has 1 aromatic heterocycles. The van der Waals surface area contributed by atoms with Crippen LogP contribution in [-0.4, -0.2) is 31.1 Å². The monoisotopic (exact) mass is 291 g/mol. The van der Waals surface area contributed by atoms with Crippen molar-refractivity contribution in [2.45, 2.75) is 36.0 Å². The normalized spacial score (nSPS) is 17.9. The minimum Gasteiger partial charge on any atom is -0.462 e. The van der Waals surface area contributed by atoms with Crippen molar-refractivity contribution in [3.8, 4) is 0 Å². The van der Waals surface area contributed by atoms with Crippen molar-refractivity contribution in [1.82, 2.24) is 4.72 Å². The number of nitrogens with one attached hydrogen (secondary N) is 1. The molecule has 1 fully saturated rings. The Hall–Kier alpha value is -0.500. The molecule has 1 aliphatic carbocycles. The Morgan fingerprint density at radius 1 is 1.56 bits per heavy atom. The number of hydrogen-bond donors (Lipinski definition) is 2. The maximum atomic E-state index is 12.1. The molecule has 5 nitrogen and oxygen atoms in total. The highest BCUT2D eigenvalue weighted by molar-refractivity contribution is 8.00. The molecule has 1 aliphatic rings. The largest absolute Gasteiger partial charge is 0.462 e. The number of aryl methyl sites for hydroxylation is 1. The molecule has 1 heterocycles. The predicted molar refractivity (Wildman–Crippen MR) is 70.0 cm³/mol. The van der Waals surface area contributed by atoms with Gasteiger partial charge in [-0.15, -0.1) is 0 Å². The number of aliphatic hydroxyl groups excluding tert-OH is 1. The third-order valence-electron chi connectivity index (χ3n) is 3.19. The molecule has 0 bridgehead atoms. The molecule has 0 aromatic carbocycles. The molecule has 18 heavy (non-hydrogen) atoms. The van der Waals surface area contributed by atoms with E-state index in [1.165, 1.54) is 6.07 Å². The number of aliphatic hydroxyl groups is 1. The second-order valence-corrected chi connectivity index (χ2v) is 7.51. The van der Waals surface area contributed by atoms with Crippen LogP contribution in [0.25, 0.3) is 0 Å². The first-order valence-electron chi connectivity index (χ1n) is 5.67. The summed E-state index contributed by atoms with van der Waals surface area (Å²) in [5, 5.41) is 8.94. The summed E-state index contributed by atoms with van der Waals surface area (Å²) in [7, 11) is -3.55. The van der Waals surface area contributed by atoms with Crippen molar-refractivity contribution in [3.63, 3.8) is 0 Å². The summed E-state index contributed by atoms with van der Waals surface area (Å²) in [6, 6.07) is 1.37. The van der Waals surface area contributed by atoms with Crippen LogP contribution < -0.4 is 4.72 Å². The minimum absolute atomic E-state index is 0.0739. The molecule has 7 heteroatoms. The van der Waals surface area contributed by atoms with Gasteiger partial charge in [0.2, 0.25) is 10.0 Å². The van der Waals surface area contributed by atoms with Crippen LogP contribution in [0.1, 0.15) is 24.4 Å². The summed E-state index contributed by atoms with van der Waals surface area (Å²) in [6.07, 6.45) is 4.08. The lowest BCUT2D eigenvalue weighted by atomic mass is 10.4. The number of rotatable bonds is 6. The van der Waals surface area contributed by atoms with E-state index in [0.29, 0.717) is 12.3 Å². The summed E-state index contributed by atoms with van der Waals surface area (Å²) < 4.78 is 32.1. The van der Waals surface area contributed by atoms with Crippen molar-refractivity contribution in [3.05, 3.63) is 17.6 Å². The molecule has 102 valence electrons. The maximum absolute atomic E-state index is 12.1. The molecule has 0 unspecified atom stereocenters. The third kappa shape index (κ3) is 2.74. The van der Waals surface area contributed by atoms with Gasteiger partial charge < -0.3 is 9.52 Å². The van der Waals surface area contributed by atoms with Crippen molar-refractivity contribution >= 4 is 21.8 Å². The Morgan fingerprint density at radius 3 is 2.67 bits per heavy atom. The third-order valence-corrected chi connectivity index (χ3v) is 6.12. The van der Waals surface area contributed by atoms with Crippen molar-refractivity contribution in [1.29, 1.82) is 0 Å². The number of furan rings is 1. The molecule has 1 saturated carbocycles. The summed E-state index contributed by atoms with van der Waals surface area (Å²) >= 11 is 1.70. The SMILES string of the molecule is CSC1(CNS(=O)(=O)c2cc(CO)oc2C)CC1. The average molecular weight is 291 g/mol. The van der Waals surface area contributed by atoms with Gasteiger partial charge in [-0.05, 0) is 26.0 Å². The fourth-order valence-corrected chi connectivity index (χ4v) is 3.91. The molecule has 0 aliphatic heterocycles. The smallest absolute Gasteiger partial charge is 0.244 e. The fraction of sp³-hybridized carbons (Fsp3) is 0.636. The lowest BCUT2D eigenvalue weighted by Gasteiger charge is -2.12. The van der Waals surface area contributed by atoms with E-state index < -0.39 is 10.0 Å². The second-order valence-electron chi connectivity index (χ2n) is 4.50. The van der Waals surface area contributed by atoms with Crippen LogP contribution in [0.4, 0.5) is 0 Å². The van der Waals surface area contributed by atoms with E-state index in [4.69, 9.17) is 9.52 Å². The van der Waals surface area contributed by atoms with Gasteiger partial charge in [0.05, 0.1) is 0 Å². The second kappa shape index (κ2) is 4.88. The molecule has 0 atom stereocenters. The lowest BCUT2D eigenvalue weighted by Crippen LogP contribution is -2.31. The molecule has 0 radical (unpaired) electrons. The zero-order valence-corrected chi connectivity index (χ0v) is 12.0. The Kier molecular flexibility index (Phi) is 3.77. The van der Waals surface area contributed by atoms with Crippen LogP contribution >= 0.6 is 11.8 Å². The summed E-state index contributed by atoms with van der Waals surface area (Å²) in [5.74, 6) is 0.569. The van der Waals surface area contributed by atoms with Gasteiger partial charge in [-0.25, -0.2) is 13.1 Å². The maximum Gasteiger partial charge on any atom is 0.244 e. The van der Waals surface area contributed by atoms with Crippen LogP contribution in [0.5, 0.6) is 0 Å². The van der Waals surface area contributed by atoms with E-state index in [0.717, 1.165) is 12.8 Å². The topological polar surface area (TPSA) is 79.5 Å². The summed E-state index contributed by atoms with van der Waals surface area (Å²) in [5.41, 5.74) is 0. The first-order valence-corrected chi connectivity index (χ1v) is 8.38. The van der Waals surface area contributed by atoms with Crippen molar-refractivity contribution in [2.24, 2.45) is 0 Å². The molecule has 0 amide bonds. The van der Waals surface area contributed by atoms with Crippen LogP contribution in [-0.2, 0) is 16.6 Å². The first-order chi connectivity index (χ1) is 8.42. The van der Waals surface area contributed by atoms with Crippen LogP contribution in [0.2, 0.25) is 0 Å². The zero-order valence-electron chi connectivity index (χ0n) is 10.4. The molecular formula is C11H17NO4S2. The van der Waals surface area contributed by atoms with Gasteiger partial charge in [0.1, 0.15) is 23.0 Å².